The molecule has 4 heteroatoms. The Morgan fingerprint density at radius 3 is 2.85 bits per heavy atom. The van der Waals surface area contributed by atoms with Gasteiger partial charge in [0.1, 0.15) is 17.6 Å². The summed E-state index contributed by atoms with van der Waals surface area (Å²) in [4.78, 5) is 14.6. The summed E-state index contributed by atoms with van der Waals surface area (Å²) in [5, 5.41) is 0. The summed E-state index contributed by atoms with van der Waals surface area (Å²) in [7, 11) is 0. The van der Waals surface area contributed by atoms with Crippen molar-refractivity contribution in [2.45, 2.75) is 39.4 Å². The minimum atomic E-state index is -0.0469. The van der Waals surface area contributed by atoms with Crippen molar-refractivity contribution in [2.24, 2.45) is 0 Å². The molecule has 0 aromatic heterocycles. The van der Waals surface area contributed by atoms with E-state index in [9.17, 15) is 4.79 Å². The van der Waals surface area contributed by atoms with Gasteiger partial charge in [-0.1, -0.05) is 31.2 Å². The normalized spacial score (nSPS) is 16.5. The van der Waals surface area contributed by atoms with E-state index < -0.39 is 0 Å². The molecule has 0 bridgehead atoms. The number of hydrogen-bond donors (Lipinski definition) is 0. The summed E-state index contributed by atoms with van der Waals surface area (Å²) in [6.45, 7) is 6.61. The average molecular weight is 351 g/mol. The number of ether oxygens (including phenoxy) is 2. The van der Waals surface area contributed by atoms with E-state index in [1.807, 2.05) is 68.5 Å². The Labute approximate surface area is 155 Å². The van der Waals surface area contributed by atoms with Crippen LogP contribution >= 0.6 is 0 Å². The molecule has 1 amide bonds. The van der Waals surface area contributed by atoms with E-state index in [1.54, 1.807) is 11.0 Å². The van der Waals surface area contributed by atoms with E-state index in [0.29, 0.717) is 6.54 Å². The summed E-state index contributed by atoms with van der Waals surface area (Å²) in [5.74, 6) is 1.52. The third kappa shape index (κ3) is 4.26. The number of fused-ring (bicyclic) bond motifs is 1. The Bertz CT molecular complexity index is 797. The van der Waals surface area contributed by atoms with E-state index in [-0.39, 0.29) is 18.1 Å². The van der Waals surface area contributed by atoms with Crippen LogP contribution in [0.4, 0.5) is 5.69 Å². The first-order chi connectivity index (χ1) is 12.6. The fourth-order valence-electron chi connectivity index (χ4n) is 2.94. The molecule has 2 aromatic carbocycles. The third-order valence-corrected chi connectivity index (χ3v) is 4.21. The van der Waals surface area contributed by atoms with Crippen LogP contribution in [0.3, 0.4) is 0 Å². The molecule has 0 aliphatic carbocycles. The lowest BCUT2D eigenvalue weighted by Crippen LogP contribution is -2.42. The average Bonchev–Trinajstić information content (AvgIpc) is 2.65. The van der Waals surface area contributed by atoms with Crippen LogP contribution in [-0.4, -0.2) is 24.7 Å². The molecule has 0 radical (unpaired) electrons. The van der Waals surface area contributed by atoms with Gasteiger partial charge in [0.15, 0.2) is 0 Å². The van der Waals surface area contributed by atoms with Gasteiger partial charge < -0.3 is 14.4 Å². The highest BCUT2D eigenvalue weighted by Gasteiger charge is 2.27. The smallest absolute Gasteiger partial charge is 0.251 e. The second-order valence-corrected chi connectivity index (χ2v) is 6.64. The first kappa shape index (κ1) is 18.1. The number of rotatable bonds is 5. The standard InChI is InChI=1S/C22H25NO3/c1-4-18-15-23(20-10-5-6-11-21(20)26-18)22(24)13-12-17-8-7-9-19(14-17)25-16(2)3/h5-14,16,18H,4,15H2,1-3H3/b13-12+. The third-order valence-electron chi connectivity index (χ3n) is 4.21. The van der Waals surface area contributed by atoms with Crippen molar-refractivity contribution in [1.29, 1.82) is 0 Å². The molecule has 0 saturated heterocycles. The van der Waals surface area contributed by atoms with Gasteiger partial charge in [0, 0.05) is 6.08 Å². The highest BCUT2D eigenvalue weighted by Crippen LogP contribution is 2.34. The van der Waals surface area contributed by atoms with Crippen LogP contribution in [0.25, 0.3) is 6.08 Å². The number of amides is 1. The van der Waals surface area contributed by atoms with Crippen molar-refractivity contribution in [2.75, 3.05) is 11.4 Å². The van der Waals surface area contributed by atoms with Crippen LogP contribution in [0.1, 0.15) is 32.8 Å². The minimum Gasteiger partial charge on any atom is -0.491 e. The highest BCUT2D eigenvalue weighted by atomic mass is 16.5. The summed E-state index contributed by atoms with van der Waals surface area (Å²) < 4.78 is 11.6. The van der Waals surface area contributed by atoms with E-state index >= 15 is 0 Å². The zero-order chi connectivity index (χ0) is 18.5. The SMILES string of the molecule is CCC1CN(C(=O)/C=C/c2cccc(OC(C)C)c2)c2ccccc2O1. The van der Waals surface area contributed by atoms with Crippen LogP contribution in [0, 0.1) is 0 Å². The lowest BCUT2D eigenvalue weighted by atomic mass is 10.1. The number of anilines is 1. The van der Waals surface area contributed by atoms with Crippen molar-refractivity contribution < 1.29 is 14.3 Å². The Morgan fingerprint density at radius 2 is 2.08 bits per heavy atom. The number of carbonyl (C=O) groups is 1. The molecule has 1 aliphatic heterocycles. The maximum absolute atomic E-state index is 12.8. The van der Waals surface area contributed by atoms with Crippen molar-refractivity contribution >= 4 is 17.7 Å². The molecular formula is C22H25NO3. The van der Waals surface area contributed by atoms with Gasteiger partial charge in [0.2, 0.25) is 0 Å². The van der Waals surface area contributed by atoms with Crippen molar-refractivity contribution in [3.8, 4) is 11.5 Å². The van der Waals surface area contributed by atoms with Crippen molar-refractivity contribution in [3.63, 3.8) is 0 Å². The lowest BCUT2D eigenvalue weighted by Gasteiger charge is -2.34. The minimum absolute atomic E-state index is 0.0185. The fourth-order valence-corrected chi connectivity index (χ4v) is 2.94. The quantitative estimate of drug-likeness (QED) is 0.734. The van der Waals surface area contributed by atoms with Gasteiger partial charge in [-0.05, 0) is 56.2 Å². The number of benzene rings is 2. The predicted molar refractivity (Wildman–Crippen MR) is 105 cm³/mol. The summed E-state index contributed by atoms with van der Waals surface area (Å²) in [6.07, 6.45) is 4.44. The number of para-hydroxylation sites is 2. The maximum atomic E-state index is 12.8. The number of hydrogen-bond acceptors (Lipinski definition) is 3. The fraction of sp³-hybridized carbons (Fsp3) is 0.318. The van der Waals surface area contributed by atoms with Gasteiger partial charge >= 0.3 is 0 Å². The summed E-state index contributed by atoms with van der Waals surface area (Å²) >= 11 is 0. The molecule has 26 heavy (non-hydrogen) atoms. The summed E-state index contributed by atoms with van der Waals surface area (Å²) in [5.41, 5.74) is 1.76. The second kappa shape index (κ2) is 8.09. The molecule has 0 spiro atoms. The second-order valence-electron chi connectivity index (χ2n) is 6.64. The van der Waals surface area contributed by atoms with Gasteiger partial charge in [-0.25, -0.2) is 0 Å². The topological polar surface area (TPSA) is 38.8 Å². The molecule has 0 saturated carbocycles. The zero-order valence-electron chi connectivity index (χ0n) is 15.5. The first-order valence-electron chi connectivity index (χ1n) is 9.08. The van der Waals surface area contributed by atoms with Gasteiger partial charge in [0.25, 0.3) is 5.91 Å². The zero-order valence-corrected chi connectivity index (χ0v) is 15.5. The molecule has 0 N–H and O–H groups in total. The monoisotopic (exact) mass is 351 g/mol. The molecule has 1 aliphatic rings. The number of carbonyl (C=O) groups excluding carboxylic acids is 1. The Morgan fingerprint density at radius 1 is 1.27 bits per heavy atom. The summed E-state index contributed by atoms with van der Waals surface area (Å²) in [6, 6.07) is 15.4. The molecule has 136 valence electrons. The predicted octanol–water partition coefficient (Wildman–Crippen LogP) is 4.69. The highest BCUT2D eigenvalue weighted by molar-refractivity contribution is 6.05. The molecule has 1 heterocycles. The van der Waals surface area contributed by atoms with Crippen molar-refractivity contribution in [3.05, 3.63) is 60.2 Å². The van der Waals surface area contributed by atoms with Crippen LogP contribution in [0.15, 0.2) is 54.6 Å². The molecule has 4 nitrogen and oxygen atoms in total. The van der Waals surface area contributed by atoms with Gasteiger partial charge in [-0.3, -0.25) is 4.79 Å². The first-order valence-corrected chi connectivity index (χ1v) is 9.08. The molecule has 1 unspecified atom stereocenters. The van der Waals surface area contributed by atoms with Gasteiger partial charge in [-0.2, -0.15) is 0 Å². The maximum Gasteiger partial charge on any atom is 0.251 e. The molecular weight excluding hydrogens is 326 g/mol. The van der Waals surface area contributed by atoms with Gasteiger partial charge in [0.05, 0.1) is 18.3 Å². The van der Waals surface area contributed by atoms with Gasteiger partial charge in [-0.15, -0.1) is 0 Å². The Hall–Kier alpha value is -2.75. The van der Waals surface area contributed by atoms with Crippen LogP contribution < -0.4 is 14.4 Å². The van der Waals surface area contributed by atoms with Crippen molar-refractivity contribution in [1.82, 2.24) is 0 Å². The largest absolute Gasteiger partial charge is 0.491 e. The number of nitrogens with zero attached hydrogens (tertiary/aromatic N) is 1. The van der Waals surface area contributed by atoms with E-state index in [2.05, 4.69) is 6.92 Å². The molecule has 3 rings (SSSR count). The van der Waals surface area contributed by atoms with Crippen LogP contribution in [0.5, 0.6) is 11.5 Å². The van der Waals surface area contributed by atoms with E-state index in [0.717, 1.165) is 29.2 Å². The molecule has 1 atom stereocenters. The van der Waals surface area contributed by atoms with Crippen LogP contribution in [-0.2, 0) is 4.79 Å². The van der Waals surface area contributed by atoms with E-state index in [4.69, 9.17) is 9.47 Å². The molecule has 2 aromatic rings. The molecule has 0 fully saturated rings. The van der Waals surface area contributed by atoms with Crippen LogP contribution in [0.2, 0.25) is 0 Å². The van der Waals surface area contributed by atoms with E-state index in [1.165, 1.54) is 0 Å². The lowest BCUT2D eigenvalue weighted by molar-refractivity contribution is -0.114. The Balaban J connectivity index is 1.78. The Kier molecular flexibility index (Phi) is 5.61.